The van der Waals surface area contributed by atoms with Crippen LogP contribution in [0, 0.1) is 15.5 Å². The Morgan fingerprint density at radius 3 is 2.63 bits per heavy atom. The Labute approximate surface area is 114 Å². The molecule has 1 saturated carbocycles. The van der Waals surface area contributed by atoms with Crippen molar-refractivity contribution in [3.63, 3.8) is 0 Å². The number of hydrogen-bond donors (Lipinski definition) is 1. The van der Waals surface area contributed by atoms with Crippen molar-refractivity contribution < 1.29 is 14.7 Å². The molecule has 0 aromatic heterocycles. The largest absolute Gasteiger partial charge is 0.356 e. The minimum absolute atomic E-state index is 0.0145. The Balaban J connectivity index is 2.19. The number of hydrogen-bond acceptors (Lipinski definition) is 4. The highest BCUT2D eigenvalue weighted by Crippen LogP contribution is 2.38. The second kappa shape index (κ2) is 7.96. The van der Waals surface area contributed by atoms with E-state index in [0.717, 1.165) is 13.0 Å². The van der Waals surface area contributed by atoms with E-state index >= 15 is 0 Å². The van der Waals surface area contributed by atoms with Crippen LogP contribution in [0.5, 0.6) is 0 Å². The minimum Gasteiger partial charge on any atom is -0.356 e. The molecular weight excluding hydrogens is 248 g/mol. The number of nitrogens with one attached hydrogen (secondary N) is 1. The van der Waals surface area contributed by atoms with E-state index in [1.807, 2.05) is 0 Å². The van der Waals surface area contributed by atoms with Gasteiger partial charge in [-0.25, -0.2) is 0 Å². The molecule has 0 atom stereocenters. The zero-order valence-electron chi connectivity index (χ0n) is 11.7. The van der Waals surface area contributed by atoms with E-state index in [1.165, 1.54) is 32.1 Å². The first-order chi connectivity index (χ1) is 9.08. The molecule has 1 N–H and O–H groups in total. The second-order valence-corrected chi connectivity index (χ2v) is 5.35. The van der Waals surface area contributed by atoms with E-state index in [1.54, 1.807) is 0 Å². The number of amides is 1. The maximum atomic E-state index is 11.7. The van der Waals surface area contributed by atoms with Crippen LogP contribution in [-0.2, 0) is 9.63 Å². The third-order valence-electron chi connectivity index (χ3n) is 4.07. The van der Waals surface area contributed by atoms with Crippen molar-refractivity contribution in [3.05, 3.63) is 10.1 Å². The molecule has 0 saturated heterocycles. The lowest BCUT2D eigenvalue weighted by Crippen LogP contribution is -2.38. The summed E-state index contributed by atoms with van der Waals surface area (Å²) in [6.07, 6.45) is 7.94. The molecule has 0 unspecified atom stereocenters. The Bertz CT molecular complexity index is 301. The van der Waals surface area contributed by atoms with Crippen molar-refractivity contribution in [1.82, 2.24) is 5.32 Å². The summed E-state index contributed by atoms with van der Waals surface area (Å²) < 4.78 is 0. The summed E-state index contributed by atoms with van der Waals surface area (Å²) in [6.45, 7) is 2.90. The molecule has 1 aliphatic rings. The van der Waals surface area contributed by atoms with Crippen molar-refractivity contribution in [3.8, 4) is 0 Å². The summed E-state index contributed by atoms with van der Waals surface area (Å²) in [6, 6.07) is 0. The molecule has 0 aliphatic heterocycles. The van der Waals surface area contributed by atoms with E-state index < -0.39 is 5.09 Å². The Hall–Kier alpha value is -1.33. The highest BCUT2D eigenvalue weighted by molar-refractivity contribution is 5.75. The van der Waals surface area contributed by atoms with Crippen LogP contribution >= 0.6 is 0 Å². The SMILES string of the molecule is CCC1(CNC(=O)CCCO[N+](=O)[O-])CCCCC1. The first-order valence-electron chi connectivity index (χ1n) is 7.12. The van der Waals surface area contributed by atoms with Gasteiger partial charge in [0.15, 0.2) is 0 Å². The maximum Gasteiger partial charge on any atom is 0.294 e. The van der Waals surface area contributed by atoms with Gasteiger partial charge in [0, 0.05) is 13.0 Å². The monoisotopic (exact) mass is 272 g/mol. The predicted molar refractivity (Wildman–Crippen MR) is 71.0 cm³/mol. The van der Waals surface area contributed by atoms with Crippen LogP contribution in [0.3, 0.4) is 0 Å². The third-order valence-corrected chi connectivity index (χ3v) is 4.07. The van der Waals surface area contributed by atoms with Crippen LogP contribution in [0.4, 0.5) is 0 Å². The van der Waals surface area contributed by atoms with Crippen LogP contribution in [0.15, 0.2) is 0 Å². The fraction of sp³-hybridized carbons (Fsp3) is 0.923. The van der Waals surface area contributed by atoms with Gasteiger partial charge in [0.25, 0.3) is 5.09 Å². The van der Waals surface area contributed by atoms with Gasteiger partial charge in [-0.1, -0.05) is 26.2 Å². The normalized spacial score (nSPS) is 17.7. The van der Waals surface area contributed by atoms with Crippen molar-refractivity contribution in [2.24, 2.45) is 5.41 Å². The van der Waals surface area contributed by atoms with Crippen molar-refractivity contribution in [1.29, 1.82) is 0 Å². The number of carbonyl (C=O) groups excluding carboxylic acids is 1. The molecule has 1 aliphatic carbocycles. The highest BCUT2D eigenvalue weighted by atomic mass is 16.9. The molecule has 6 heteroatoms. The molecule has 110 valence electrons. The molecule has 19 heavy (non-hydrogen) atoms. The van der Waals surface area contributed by atoms with Crippen molar-refractivity contribution >= 4 is 5.91 Å². The molecule has 0 heterocycles. The summed E-state index contributed by atoms with van der Waals surface area (Å²) in [7, 11) is 0. The number of nitrogens with zero attached hydrogens (tertiary/aromatic N) is 1. The Morgan fingerprint density at radius 2 is 2.05 bits per heavy atom. The van der Waals surface area contributed by atoms with Crippen LogP contribution < -0.4 is 5.32 Å². The van der Waals surface area contributed by atoms with Gasteiger partial charge in [-0.2, -0.15) is 0 Å². The van der Waals surface area contributed by atoms with Gasteiger partial charge in [-0.05, 0) is 31.1 Å². The van der Waals surface area contributed by atoms with Gasteiger partial charge < -0.3 is 10.2 Å². The van der Waals surface area contributed by atoms with Crippen molar-refractivity contribution in [2.75, 3.05) is 13.2 Å². The quantitative estimate of drug-likeness (QED) is 0.418. The van der Waals surface area contributed by atoms with Crippen LogP contribution in [0.25, 0.3) is 0 Å². The lowest BCUT2D eigenvalue weighted by atomic mass is 9.72. The molecule has 1 fully saturated rings. The molecule has 1 rings (SSSR count). The van der Waals surface area contributed by atoms with Gasteiger partial charge in [-0.15, -0.1) is 10.1 Å². The predicted octanol–water partition coefficient (Wildman–Crippen LogP) is 2.45. The van der Waals surface area contributed by atoms with E-state index in [-0.39, 0.29) is 24.3 Å². The van der Waals surface area contributed by atoms with Crippen LogP contribution in [-0.4, -0.2) is 24.1 Å². The van der Waals surface area contributed by atoms with E-state index in [0.29, 0.717) is 6.42 Å². The topological polar surface area (TPSA) is 81.5 Å². The molecule has 0 bridgehead atoms. The van der Waals surface area contributed by atoms with E-state index in [4.69, 9.17) is 0 Å². The first-order valence-corrected chi connectivity index (χ1v) is 7.12. The molecule has 0 aromatic rings. The van der Waals surface area contributed by atoms with Gasteiger partial charge in [0.1, 0.15) is 0 Å². The molecule has 0 spiro atoms. The van der Waals surface area contributed by atoms with Gasteiger partial charge in [0.2, 0.25) is 5.91 Å². The lowest BCUT2D eigenvalue weighted by Gasteiger charge is -2.36. The summed E-state index contributed by atoms with van der Waals surface area (Å²) in [5.74, 6) is -0.0367. The molecule has 6 nitrogen and oxygen atoms in total. The smallest absolute Gasteiger partial charge is 0.294 e. The number of rotatable bonds is 8. The average molecular weight is 272 g/mol. The van der Waals surface area contributed by atoms with Crippen molar-refractivity contribution in [2.45, 2.75) is 58.3 Å². The highest BCUT2D eigenvalue weighted by Gasteiger charge is 2.30. The van der Waals surface area contributed by atoms with Gasteiger partial charge in [-0.3, -0.25) is 4.79 Å². The second-order valence-electron chi connectivity index (χ2n) is 5.35. The summed E-state index contributed by atoms with van der Waals surface area (Å²) in [5, 5.41) is 12.1. The first kappa shape index (κ1) is 15.7. The average Bonchev–Trinajstić information content (AvgIpc) is 2.42. The Kier molecular flexibility index (Phi) is 6.59. The molecular formula is C13H24N2O4. The molecule has 0 radical (unpaired) electrons. The van der Waals surface area contributed by atoms with E-state index in [9.17, 15) is 14.9 Å². The Morgan fingerprint density at radius 1 is 1.37 bits per heavy atom. The van der Waals surface area contributed by atoms with E-state index in [2.05, 4.69) is 17.1 Å². The summed E-state index contributed by atoms with van der Waals surface area (Å²) >= 11 is 0. The zero-order valence-corrected chi connectivity index (χ0v) is 11.7. The molecule has 0 aromatic carbocycles. The summed E-state index contributed by atoms with van der Waals surface area (Å²) in [4.78, 5) is 25.8. The maximum absolute atomic E-state index is 11.7. The third kappa shape index (κ3) is 5.89. The molecule has 1 amide bonds. The van der Waals surface area contributed by atoms with Crippen LogP contribution in [0.2, 0.25) is 0 Å². The van der Waals surface area contributed by atoms with Crippen LogP contribution in [0.1, 0.15) is 58.3 Å². The lowest BCUT2D eigenvalue weighted by molar-refractivity contribution is -0.757. The fourth-order valence-corrected chi connectivity index (χ4v) is 2.70. The zero-order chi connectivity index (χ0) is 14.1. The minimum atomic E-state index is -0.827. The van der Waals surface area contributed by atoms with Gasteiger partial charge in [0.05, 0.1) is 6.61 Å². The summed E-state index contributed by atoms with van der Waals surface area (Å²) in [5.41, 5.74) is 0.269. The standard InChI is InChI=1S/C13H24N2O4/c1-2-13(8-4-3-5-9-13)11-14-12(16)7-6-10-19-15(17)18/h2-11H2,1H3,(H,14,16). The fourth-order valence-electron chi connectivity index (χ4n) is 2.70. The van der Waals surface area contributed by atoms with Gasteiger partial charge >= 0.3 is 0 Å². The number of carbonyl (C=O) groups is 1.